The van der Waals surface area contributed by atoms with Crippen LogP contribution in [0.4, 0.5) is 5.69 Å². The molecule has 0 bridgehead atoms. The van der Waals surface area contributed by atoms with Gasteiger partial charge in [0.1, 0.15) is 5.82 Å². The van der Waals surface area contributed by atoms with Gasteiger partial charge in [-0.15, -0.1) is 11.3 Å². The number of nitrogens with zero attached hydrogens (tertiary/aromatic N) is 1. The Labute approximate surface area is 149 Å². The Bertz CT molecular complexity index is 1010. The summed E-state index contributed by atoms with van der Waals surface area (Å²) >= 11 is 1.47. The highest BCUT2D eigenvalue weighted by Gasteiger charge is 2.15. The van der Waals surface area contributed by atoms with Crippen molar-refractivity contribution in [1.82, 2.24) is 9.97 Å². The number of hydrogen-bond donors (Lipinski definition) is 2. The van der Waals surface area contributed by atoms with Gasteiger partial charge in [0.05, 0.1) is 21.6 Å². The molecule has 0 aliphatic rings. The number of carbonyl (C=O) groups excluding carboxylic acids is 1. The van der Waals surface area contributed by atoms with E-state index in [4.69, 9.17) is 0 Å². The lowest BCUT2D eigenvalue weighted by atomic mass is 10.1. The molecule has 0 atom stereocenters. The average molecular weight is 347 g/mol. The largest absolute Gasteiger partial charge is 0.338 e. The number of aryl methyl sites for hydroxylation is 1. The highest BCUT2D eigenvalue weighted by molar-refractivity contribution is 7.12. The van der Waals surface area contributed by atoms with E-state index in [1.807, 2.05) is 60.0 Å². The van der Waals surface area contributed by atoms with Crippen molar-refractivity contribution >= 4 is 34.0 Å². The molecule has 2 N–H and O–H groups in total. The summed E-state index contributed by atoms with van der Waals surface area (Å²) in [5.41, 5.74) is 4.59. The molecule has 0 unspecified atom stereocenters. The Balaban J connectivity index is 1.70. The summed E-state index contributed by atoms with van der Waals surface area (Å²) in [6, 6.07) is 17.6. The molecule has 0 fully saturated rings. The van der Waals surface area contributed by atoms with Crippen molar-refractivity contribution in [1.29, 1.82) is 0 Å². The summed E-state index contributed by atoms with van der Waals surface area (Å²) in [7, 11) is 0. The van der Waals surface area contributed by atoms with E-state index in [1.165, 1.54) is 11.3 Å². The second kappa shape index (κ2) is 6.53. The summed E-state index contributed by atoms with van der Waals surface area (Å²) < 4.78 is 0. The highest BCUT2D eigenvalue weighted by Crippen LogP contribution is 2.28. The van der Waals surface area contributed by atoms with Gasteiger partial charge >= 0.3 is 0 Å². The molecule has 4 rings (SSSR count). The molecular formula is C20H17N3OS. The number of anilines is 1. The minimum atomic E-state index is -0.0737. The molecule has 4 nitrogen and oxygen atoms in total. The maximum atomic E-state index is 12.7. The second-order valence-corrected chi connectivity index (χ2v) is 6.65. The van der Waals surface area contributed by atoms with E-state index in [0.29, 0.717) is 0 Å². The minimum absolute atomic E-state index is 0.0737. The van der Waals surface area contributed by atoms with Crippen LogP contribution in [0.15, 0.2) is 60.0 Å². The Kier molecular flexibility index (Phi) is 4.07. The normalized spacial score (nSPS) is 10.9. The van der Waals surface area contributed by atoms with Gasteiger partial charge in [-0.2, -0.15) is 0 Å². The number of hydrogen-bond acceptors (Lipinski definition) is 3. The molecule has 0 radical (unpaired) electrons. The third-order valence-electron chi connectivity index (χ3n) is 4.15. The zero-order valence-electron chi connectivity index (χ0n) is 13.7. The molecule has 2 heterocycles. The first-order valence-corrected chi connectivity index (χ1v) is 9.06. The number of amides is 1. The van der Waals surface area contributed by atoms with Crippen molar-refractivity contribution in [3.05, 3.63) is 70.4 Å². The Morgan fingerprint density at radius 1 is 1.12 bits per heavy atom. The number of benzene rings is 2. The average Bonchev–Trinajstić information content (AvgIpc) is 3.28. The number of aromatic amines is 1. The predicted molar refractivity (Wildman–Crippen MR) is 103 cm³/mol. The summed E-state index contributed by atoms with van der Waals surface area (Å²) in [6.45, 7) is 2.06. The zero-order chi connectivity index (χ0) is 17.2. The fraction of sp³-hybridized carbons (Fsp3) is 0.100. The van der Waals surface area contributed by atoms with E-state index in [0.717, 1.165) is 45.0 Å². The SMILES string of the molecule is CCc1ccsc1C(=O)Nc1ccccc1-c1nc2ccccc2[nH]1. The molecular weight excluding hydrogens is 330 g/mol. The van der Waals surface area contributed by atoms with Crippen LogP contribution < -0.4 is 5.32 Å². The summed E-state index contributed by atoms with van der Waals surface area (Å²) in [5.74, 6) is 0.675. The van der Waals surface area contributed by atoms with E-state index in [1.54, 1.807) is 0 Å². The van der Waals surface area contributed by atoms with Crippen molar-refractivity contribution in [2.75, 3.05) is 5.32 Å². The quantitative estimate of drug-likeness (QED) is 0.539. The molecule has 0 aliphatic carbocycles. The number of carbonyl (C=O) groups is 1. The van der Waals surface area contributed by atoms with Crippen molar-refractivity contribution in [2.45, 2.75) is 13.3 Å². The van der Waals surface area contributed by atoms with Crippen LogP contribution in [-0.4, -0.2) is 15.9 Å². The molecule has 0 saturated heterocycles. The van der Waals surface area contributed by atoms with Crippen LogP contribution in [0, 0.1) is 0 Å². The zero-order valence-corrected chi connectivity index (χ0v) is 14.6. The molecule has 0 aliphatic heterocycles. The number of imidazole rings is 1. The lowest BCUT2D eigenvalue weighted by molar-refractivity contribution is 0.103. The standard InChI is InChI=1S/C20H17N3OS/c1-2-13-11-12-25-18(13)20(24)23-15-8-4-3-7-14(15)19-21-16-9-5-6-10-17(16)22-19/h3-12H,2H2,1H3,(H,21,22)(H,23,24). The lowest BCUT2D eigenvalue weighted by Gasteiger charge is -2.09. The van der Waals surface area contributed by atoms with Gasteiger partial charge in [0.25, 0.3) is 5.91 Å². The fourth-order valence-electron chi connectivity index (χ4n) is 2.87. The van der Waals surface area contributed by atoms with E-state index in [-0.39, 0.29) is 5.91 Å². The fourth-order valence-corrected chi connectivity index (χ4v) is 3.76. The van der Waals surface area contributed by atoms with Crippen LogP contribution in [0.25, 0.3) is 22.4 Å². The molecule has 2 aromatic carbocycles. The van der Waals surface area contributed by atoms with E-state index in [2.05, 4.69) is 22.2 Å². The number of rotatable bonds is 4. The maximum absolute atomic E-state index is 12.7. The first-order valence-electron chi connectivity index (χ1n) is 8.18. The Hall–Kier alpha value is -2.92. The lowest BCUT2D eigenvalue weighted by Crippen LogP contribution is -2.12. The van der Waals surface area contributed by atoms with Gasteiger partial charge in [-0.1, -0.05) is 31.2 Å². The molecule has 25 heavy (non-hydrogen) atoms. The van der Waals surface area contributed by atoms with Gasteiger partial charge in [-0.05, 0) is 47.7 Å². The van der Waals surface area contributed by atoms with Crippen LogP contribution >= 0.6 is 11.3 Å². The Morgan fingerprint density at radius 2 is 1.92 bits per heavy atom. The highest BCUT2D eigenvalue weighted by atomic mass is 32.1. The molecule has 0 saturated carbocycles. The Morgan fingerprint density at radius 3 is 2.76 bits per heavy atom. The second-order valence-electron chi connectivity index (χ2n) is 5.73. The first kappa shape index (κ1) is 15.6. The molecule has 5 heteroatoms. The molecule has 4 aromatic rings. The van der Waals surface area contributed by atoms with Gasteiger partial charge in [-0.25, -0.2) is 4.98 Å². The van der Waals surface area contributed by atoms with Gasteiger partial charge in [-0.3, -0.25) is 4.79 Å². The van der Waals surface area contributed by atoms with Crippen molar-refractivity contribution < 1.29 is 4.79 Å². The third kappa shape index (κ3) is 2.94. The van der Waals surface area contributed by atoms with E-state index in [9.17, 15) is 4.79 Å². The maximum Gasteiger partial charge on any atom is 0.266 e. The molecule has 124 valence electrons. The number of fused-ring (bicyclic) bond motifs is 1. The van der Waals surface area contributed by atoms with Crippen LogP contribution in [-0.2, 0) is 6.42 Å². The third-order valence-corrected chi connectivity index (χ3v) is 5.11. The molecule has 1 amide bonds. The molecule has 0 spiro atoms. The monoisotopic (exact) mass is 347 g/mol. The van der Waals surface area contributed by atoms with Crippen LogP contribution in [0.1, 0.15) is 22.2 Å². The van der Waals surface area contributed by atoms with E-state index >= 15 is 0 Å². The van der Waals surface area contributed by atoms with Gasteiger partial charge in [0.2, 0.25) is 0 Å². The number of para-hydroxylation sites is 3. The van der Waals surface area contributed by atoms with Crippen LogP contribution in [0.2, 0.25) is 0 Å². The van der Waals surface area contributed by atoms with E-state index < -0.39 is 0 Å². The van der Waals surface area contributed by atoms with Crippen molar-refractivity contribution in [2.24, 2.45) is 0 Å². The first-order chi connectivity index (χ1) is 12.3. The summed E-state index contributed by atoms with van der Waals surface area (Å²) in [5, 5.41) is 5.00. The van der Waals surface area contributed by atoms with Crippen LogP contribution in [0.3, 0.4) is 0 Å². The van der Waals surface area contributed by atoms with Crippen molar-refractivity contribution in [3.8, 4) is 11.4 Å². The number of aromatic nitrogens is 2. The predicted octanol–water partition coefficient (Wildman–Crippen LogP) is 5.11. The number of thiophene rings is 1. The van der Waals surface area contributed by atoms with Gasteiger partial charge in [0, 0.05) is 5.56 Å². The number of nitrogens with one attached hydrogen (secondary N) is 2. The summed E-state index contributed by atoms with van der Waals surface area (Å²) in [6.07, 6.45) is 0.845. The summed E-state index contributed by atoms with van der Waals surface area (Å²) in [4.78, 5) is 21.4. The molecule has 2 aromatic heterocycles. The topological polar surface area (TPSA) is 57.8 Å². The van der Waals surface area contributed by atoms with Gasteiger partial charge < -0.3 is 10.3 Å². The van der Waals surface area contributed by atoms with Crippen LogP contribution in [0.5, 0.6) is 0 Å². The van der Waals surface area contributed by atoms with Gasteiger partial charge in [0.15, 0.2) is 0 Å². The van der Waals surface area contributed by atoms with Crippen molar-refractivity contribution in [3.63, 3.8) is 0 Å². The smallest absolute Gasteiger partial charge is 0.266 e. The number of H-pyrrole nitrogens is 1. The minimum Gasteiger partial charge on any atom is -0.338 e.